The molecule has 0 aliphatic carbocycles. The molecule has 0 radical (unpaired) electrons. The minimum absolute atomic E-state index is 0.272. The summed E-state index contributed by atoms with van der Waals surface area (Å²) in [6, 6.07) is 40.5. The Bertz CT molecular complexity index is 1940. The molecule has 0 saturated heterocycles. The lowest BCUT2D eigenvalue weighted by molar-refractivity contribution is 0.0873. The largest absolute Gasteiger partial charge is 0.268 e. The number of hydrogen-bond acceptors (Lipinski definition) is 4. The average molecular weight is 571 g/mol. The van der Waals surface area contributed by atoms with Crippen molar-refractivity contribution in [2.45, 2.75) is 0 Å². The fourth-order valence-electron chi connectivity index (χ4n) is 6.21. The van der Waals surface area contributed by atoms with Crippen LogP contribution in [0.25, 0.3) is 33.0 Å². The molecule has 0 spiro atoms. The first-order valence-corrected chi connectivity index (χ1v) is 14.2. The van der Waals surface area contributed by atoms with Gasteiger partial charge in [0.15, 0.2) is 0 Å². The molecule has 0 fully saturated rings. The highest BCUT2D eigenvalue weighted by molar-refractivity contribution is 6.42. The highest BCUT2D eigenvalue weighted by atomic mass is 16.2. The lowest BCUT2D eigenvalue weighted by Crippen LogP contribution is -2.43. The third-order valence-electron chi connectivity index (χ3n) is 8.36. The third-order valence-corrected chi connectivity index (χ3v) is 8.36. The van der Waals surface area contributed by atoms with Crippen LogP contribution < -0.4 is 9.80 Å². The van der Waals surface area contributed by atoms with E-state index in [2.05, 4.69) is 0 Å². The van der Waals surface area contributed by atoms with Crippen molar-refractivity contribution in [1.29, 1.82) is 0 Å². The molecule has 44 heavy (non-hydrogen) atoms. The number of amides is 4. The first-order chi connectivity index (χ1) is 21.5. The maximum absolute atomic E-state index is 13.8. The molecule has 6 nitrogen and oxygen atoms in total. The van der Waals surface area contributed by atoms with Crippen LogP contribution in [-0.4, -0.2) is 23.6 Å². The summed E-state index contributed by atoms with van der Waals surface area (Å²) < 4.78 is 0. The Morgan fingerprint density at radius 2 is 0.568 bits per heavy atom. The van der Waals surface area contributed by atoms with Crippen LogP contribution in [0.4, 0.5) is 11.4 Å². The number of carbonyl (C=O) groups is 4. The van der Waals surface area contributed by atoms with Crippen molar-refractivity contribution in [3.8, 4) is 22.3 Å². The first-order valence-electron chi connectivity index (χ1n) is 14.2. The second-order valence-corrected chi connectivity index (χ2v) is 10.8. The molecule has 0 bridgehead atoms. The molecule has 2 aliphatic rings. The Morgan fingerprint density at radius 3 is 0.864 bits per heavy atom. The lowest BCUT2D eigenvalue weighted by atomic mass is 9.85. The van der Waals surface area contributed by atoms with E-state index in [-0.39, 0.29) is 22.3 Å². The zero-order valence-corrected chi connectivity index (χ0v) is 23.2. The third kappa shape index (κ3) is 3.75. The molecular weight excluding hydrogens is 548 g/mol. The molecule has 6 aromatic carbocycles. The lowest BCUT2D eigenvalue weighted by Gasteiger charge is -2.32. The average Bonchev–Trinajstić information content (AvgIpc) is 3.08. The second kappa shape index (κ2) is 9.71. The van der Waals surface area contributed by atoms with Gasteiger partial charge in [0.25, 0.3) is 23.6 Å². The van der Waals surface area contributed by atoms with E-state index in [4.69, 9.17) is 0 Å². The van der Waals surface area contributed by atoms with Crippen LogP contribution in [0.15, 0.2) is 133 Å². The molecule has 0 saturated carbocycles. The summed E-state index contributed by atoms with van der Waals surface area (Å²) in [5.41, 5.74) is 5.94. The highest BCUT2D eigenvalue weighted by Crippen LogP contribution is 2.40. The summed E-state index contributed by atoms with van der Waals surface area (Å²) in [7, 11) is 0. The minimum atomic E-state index is -0.502. The number of rotatable bonds is 4. The Hall–Kier alpha value is -6.14. The number of benzene rings is 6. The van der Waals surface area contributed by atoms with Gasteiger partial charge >= 0.3 is 0 Å². The maximum Gasteiger partial charge on any atom is 0.265 e. The van der Waals surface area contributed by atoms with Crippen molar-refractivity contribution >= 4 is 45.8 Å². The predicted molar refractivity (Wildman–Crippen MR) is 170 cm³/mol. The summed E-state index contributed by atoms with van der Waals surface area (Å²) in [6.45, 7) is 0. The standard InChI is InChI=1S/C38H22N2O4/c41-35-29-19-21-31-34-32(38(44)40(37(31)43)28-17-13-26(14-18-28)24-9-5-2-6-10-24)22-20-30(33(29)34)36(42)39(35)27-15-11-25(12-16-27)23-7-3-1-4-8-23/h1-22H. The molecule has 4 amide bonds. The Morgan fingerprint density at radius 1 is 0.295 bits per heavy atom. The number of anilines is 2. The smallest absolute Gasteiger partial charge is 0.265 e. The first kappa shape index (κ1) is 25.6. The molecule has 0 aromatic heterocycles. The van der Waals surface area contributed by atoms with Crippen LogP contribution in [0.2, 0.25) is 0 Å². The predicted octanol–water partition coefficient (Wildman–Crippen LogP) is 7.78. The topological polar surface area (TPSA) is 74.8 Å². The molecule has 8 rings (SSSR count). The van der Waals surface area contributed by atoms with Crippen LogP contribution in [0, 0.1) is 0 Å². The van der Waals surface area contributed by atoms with Gasteiger partial charge in [0, 0.05) is 33.0 Å². The quantitative estimate of drug-likeness (QED) is 0.203. The van der Waals surface area contributed by atoms with Crippen molar-refractivity contribution in [2.24, 2.45) is 0 Å². The van der Waals surface area contributed by atoms with Crippen LogP contribution >= 0.6 is 0 Å². The SMILES string of the molecule is O=C1c2ccc3c4c(ccc(c24)C(=O)N1c1ccc(-c2ccccc2)cc1)C(=O)N(c1ccc(-c2ccccc2)cc1)C3=O. The van der Waals surface area contributed by atoms with Gasteiger partial charge in [0.05, 0.1) is 11.4 Å². The van der Waals surface area contributed by atoms with Crippen LogP contribution in [0.1, 0.15) is 41.4 Å². The van der Waals surface area contributed by atoms with Crippen molar-refractivity contribution < 1.29 is 19.2 Å². The van der Waals surface area contributed by atoms with Gasteiger partial charge in [0.2, 0.25) is 0 Å². The highest BCUT2D eigenvalue weighted by Gasteiger charge is 2.40. The van der Waals surface area contributed by atoms with Crippen molar-refractivity contribution in [1.82, 2.24) is 0 Å². The zero-order chi connectivity index (χ0) is 29.9. The van der Waals surface area contributed by atoms with E-state index in [1.54, 1.807) is 48.5 Å². The van der Waals surface area contributed by atoms with Gasteiger partial charge in [-0.2, -0.15) is 0 Å². The molecule has 2 heterocycles. The molecule has 6 heteroatoms. The van der Waals surface area contributed by atoms with E-state index in [0.717, 1.165) is 32.1 Å². The van der Waals surface area contributed by atoms with Crippen LogP contribution in [-0.2, 0) is 0 Å². The molecule has 0 unspecified atom stereocenters. The van der Waals surface area contributed by atoms with Gasteiger partial charge in [-0.1, -0.05) is 84.9 Å². The van der Waals surface area contributed by atoms with Gasteiger partial charge in [-0.05, 0) is 70.8 Å². The number of hydrogen-bond donors (Lipinski definition) is 0. The van der Waals surface area contributed by atoms with E-state index < -0.39 is 23.6 Å². The number of imide groups is 2. The van der Waals surface area contributed by atoms with E-state index in [1.165, 1.54) is 0 Å². The van der Waals surface area contributed by atoms with E-state index >= 15 is 0 Å². The second-order valence-electron chi connectivity index (χ2n) is 10.8. The molecule has 0 atom stereocenters. The van der Waals surface area contributed by atoms with E-state index in [1.807, 2.05) is 84.9 Å². The van der Waals surface area contributed by atoms with Gasteiger partial charge in [0.1, 0.15) is 0 Å². The summed E-state index contributed by atoms with van der Waals surface area (Å²) in [5.74, 6) is -2.01. The minimum Gasteiger partial charge on any atom is -0.268 e. The molecule has 0 N–H and O–H groups in total. The van der Waals surface area contributed by atoms with Gasteiger partial charge in [-0.3, -0.25) is 19.2 Å². The molecule has 6 aromatic rings. The normalized spacial score (nSPS) is 14.0. The molecular formula is C38H22N2O4. The maximum atomic E-state index is 13.8. The fraction of sp³-hybridized carbons (Fsp3) is 0. The molecule has 2 aliphatic heterocycles. The van der Waals surface area contributed by atoms with Crippen molar-refractivity contribution in [2.75, 3.05) is 9.80 Å². The van der Waals surface area contributed by atoms with Crippen molar-refractivity contribution in [3.05, 3.63) is 156 Å². The Balaban J connectivity index is 1.17. The van der Waals surface area contributed by atoms with Gasteiger partial charge in [-0.25, -0.2) is 9.80 Å². The number of nitrogens with zero attached hydrogens (tertiary/aromatic N) is 2. The van der Waals surface area contributed by atoms with Crippen molar-refractivity contribution in [3.63, 3.8) is 0 Å². The summed E-state index contributed by atoms with van der Waals surface area (Å²) >= 11 is 0. The van der Waals surface area contributed by atoms with E-state index in [9.17, 15) is 19.2 Å². The summed E-state index contributed by atoms with van der Waals surface area (Å²) in [5, 5.41) is 0.681. The van der Waals surface area contributed by atoms with Gasteiger partial charge in [-0.15, -0.1) is 0 Å². The van der Waals surface area contributed by atoms with Gasteiger partial charge < -0.3 is 0 Å². The van der Waals surface area contributed by atoms with Crippen LogP contribution in [0.5, 0.6) is 0 Å². The molecule has 208 valence electrons. The fourth-order valence-corrected chi connectivity index (χ4v) is 6.21. The summed E-state index contributed by atoms with van der Waals surface area (Å²) in [6.07, 6.45) is 0. The van der Waals surface area contributed by atoms with Crippen LogP contribution in [0.3, 0.4) is 0 Å². The zero-order valence-electron chi connectivity index (χ0n) is 23.2. The Labute approximate surface area is 252 Å². The number of carbonyl (C=O) groups excluding carboxylic acids is 4. The Kier molecular flexibility index (Phi) is 5.64. The summed E-state index contributed by atoms with van der Waals surface area (Å²) in [4.78, 5) is 57.6. The van der Waals surface area contributed by atoms with E-state index in [0.29, 0.717) is 22.1 Å². The monoisotopic (exact) mass is 570 g/mol.